The van der Waals surface area contributed by atoms with Gasteiger partial charge in [-0.3, -0.25) is 4.79 Å². The molecule has 0 aliphatic heterocycles. The Morgan fingerprint density at radius 2 is 1.76 bits per heavy atom. The first-order chi connectivity index (χ1) is 8.25. The van der Waals surface area contributed by atoms with Crippen LogP contribution in [-0.2, 0) is 4.79 Å². The molecule has 2 bridgehead atoms. The summed E-state index contributed by atoms with van der Waals surface area (Å²) in [6.07, 6.45) is 10.1. The third kappa shape index (κ3) is 2.16. The first-order valence-electron chi connectivity index (χ1n) is 7.47. The second-order valence-electron chi connectivity index (χ2n) is 6.51. The maximum Gasteiger partial charge on any atom is 0.141 e. The number of ketones is 1. The van der Waals surface area contributed by atoms with Crippen molar-refractivity contribution in [1.82, 2.24) is 0 Å². The van der Waals surface area contributed by atoms with Crippen molar-refractivity contribution in [3.63, 3.8) is 0 Å². The molecule has 5 unspecified atom stereocenters. The molecule has 0 heterocycles. The molecule has 0 radical (unpaired) electrons. The fourth-order valence-electron chi connectivity index (χ4n) is 4.58. The topological polar surface area (TPSA) is 37.3 Å². The quantitative estimate of drug-likeness (QED) is 0.702. The average molecular weight is 236 g/mol. The van der Waals surface area contributed by atoms with Gasteiger partial charge in [0.15, 0.2) is 0 Å². The minimum atomic E-state index is -0.332. The summed E-state index contributed by atoms with van der Waals surface area (Å²) in [5, 5.41) is 10.2. The number of aliphatic hydroxyl groups is 1. The van der Waals surface area contributed by atoms with Gasteiger partial charge in [-0.25, -0.2) is 0 Å². The zero-order valence-electron chi connectivity index (χ0n) is 10.6. The standard InChI is InChI=1S/C15H24O2/c16-13-7-3-6-11-8-10-4-1-2-5-12(9-10)15(17)14(11)13/h10-14,16H,1-9H2. The highest BCUT2D eigenvalue weighted by atomic mass is 16.3. The molecular formula is C15H24O2. The van der Waals surface area contributed by atoms with Crippen LogP contribution in [0.4, 0.5) is 0 Å². The van der Waals surface area contributed by atoms with Crippen molar-refractivity contribution in [3.05, 3.63) is 0 Å². The summed E-state index contributed by atoms with van der Waals surface area (Å²) in [5.41, 5.74) is 0. The van der Waals surface area contributed by atoms with E-state index in [1.165, 1.54) is 32.1 Å². The second-order valence-corrected chi connectivity index (χ2v) is 6.51. The highest BCUT2D eigenvalue weighted by Gasteiger charge is 2.44. The predicted molar refractivity (Wildman–Crippen MR) is 66.5 cm³/mol. The number of hydrogen-bond donors (Lipinski definition) is 1. The molecule has 0 aromatic carbocycles. The normalized spacial score (nSPS) is 46.9. The van der Waals surface area contributed by atoms with Crippen LogP contribution in [-0.4, -0.2) is 17.0 Å². The summed E-state index contributed by atoms with van der Waals surface area (Å²) in [7, 11) is 0. The molecule has 3 aliphatic carbocycles. The maximum absolute atomic E-state index is 12.6. The van der Waals surface area contributed by atoms with Gasteiger partial charge in [0, 0.05) is 11.8 Å². The van der Waals surface area contributed by atoms with Gasteiger partial charge in [-0.1, -0.05) is 25.7 Å². The van der Waals surface area contributed by atoms with Crippen molar-refractivity contribution in [2.75, 3.05) is 0 Å². The van der Waals surface area contributed by atoms with Crippen LogP contribution in [0.3, 0.4) is 0 Å². The number of aliphatic hydroxyl groups excluding tert-OH is 1. The van der Waals surface area contributed by atoms with Crippen molar-refractivity contribution in [1.29, 1.82) is 0 Å². The second kappa shape index (κ2) is 4.72. The Labute approximate surface area is 104 Å². The van der Waals surface area contributed by atoms with E-state index in [4.69, 9.17) is 0 Å². The van der Waals surface area contributed by atoms with E-state index in [0.717, 1.165) is 31.6 Å². The van der Waals surface area contributed by atoms with Crippen LogP contribution in [0.1, 0.15) is 57.8 Å². The van der Waals surface area contributed by atoms with Crippen molar-refractivity contribution in [2.45, 2.75) is 63.9 Å². The molecule has 96 valence electrons. The Morgan fingerprint density at radius 1 is 0.941 bits per heavy atom. The van der Waals surface area contributed by atoms with Crippen molar-refractivity contribution in [2.24, 2.45) is 23.7 Å². The number of hydrogen-bond acceptors (Lipinski definition) is 2. The molecule has 3 saturated carbocycles. The SMILES string of the molecule is O=C1C2CCCCC(C2)CC2CCCC(O)C12. The first-order valence-corrected chi connectivity index (χ1v) is 7.47. The van der Waals surface area contributed by atoms with E-state index >= 15 is 0 Å². The lowest BCUT2D eigenvalue weighted by Gasteiger charge is -2.35. The van der Waals surface area contributed by atoms with E-state index in [2.05, 4.69) is 0 Å². The van der Waals surface area contributed by atoms with Crippen LogP contribution in [0.2, 0.25) is 0 Å². The molecule has 3 rings (SSSR count). The van der Waals surface area contributed by atoms with E-state index < -0.39 is 0 Å². The molecule has 0 spiro atoms. The van der Waals surface area contributed by atoms with Crippen LogP contribution >= 0.6 is 0 Å². The van der Waals surface area contributed by atoms with Gasteiger partial charge in [-0.2, -0.15) is 0 Å². The summed E-state index contributed by atoms with van der Waals surface area (Å²) in [6, 6.07) is 0. The Morgan fingerprint density at radius 3 is 2.65 bits per heavy atom. The van der Waals surface area contributed by atoms with Gasteiger partial charge in [0.25, 0.3) is 0 Å². The number of carbonyl (C=O) groups is 1. The highest BCUT2D eigenvalue weighted by Crippen LogP contribution is 2.45. The van der Waals surface area contributed by atoms with Gasteiger partial charge in [-0.05, 0) is 43.9 Å². The first kappa shape index (κ1) is 11.7. The Balaban J connectivity index is 1.86. The zero-order chi connectivity index (χ0) is 11.8. The molecule has 0 aromatic rings. The van der Waals surface area contributed by atoms with E-state index in [9.17, 15) is 9.90 Å². The van der Waals surface area contributed by atoms with Crippen molar-refractivity contribution >= 4 is 5.78 Å². The number of fused-ring (bicyclic) bond motifs is 3. The van der Waals surface area contributed by atoms with Gasteiger partial charge in [0.05, 0.1) is 6.10 Å². The summed E-state index contributed by atoms with van der Waals surface area (Å²) in [5.74, 6) is 1.97. The lowest BCUT2D eigenvalue weighted by Crippen LogP contribution is -2.39. The molecular weight excluding hydrogens is 212 g/mol. The Kier molecular flexibility index (Phi) is 3.25. The Hall–Kier alpha value is -0.370. The van der Waals surface area contributed by atoms with Gasteiger partial charge < -0.3 is 5.11 Å². The molecule has 3 aliphatic rings. The van der Waals surface area contributed by atoms with Gasteiger partial charge >= 0.3 is 0 Å². The largest absolute Gasteiger partial charge is 0.392 e. The zero-order valence-corrected chi connectivity index (χ0v) is 10.6. The van der Waals surface area contributed by atoms with E-state index in [-0.39, 0.29) is 17.9 Å². The van der Waals surface area contributed by atoms with Crippen LogP contribution in [0.15, 0.2) is 0 Å². The number of rotatable bonds is 0. The van der Waals surface area contributed by atoms with Crippen LogP contribution in [0.25, 0.3) is 0 Å². The molecule has 5 atom stereocenters. The summed E-state index contributed by atoms with van der Waals surface area (Å²) >= 11 is 0. The van der Waals surface area contributed by atoms with Crippen LogP contribution in [0.5, 0.6) is 0 Å². The maximum atomic E-state index is 12.6. The smallest absolute Gasteiger partial charge is 0.141 e. The molecule has 3 fully saturated rings. The third-order valence-electron chi connectivity index (χ3n) is 5.40. The van der Waals surface area contributed by atoms with Crippen LogP contribution < -0.4 is 0 Å². The minimum absolute atomic E-state index is 0.00292. The molecule has 0 amide bonds. The van der Waals surface area contributed by atoms with Gasteiger partial charge in [-0.15, -0.1) is 0 Å². The summed E-state index contributed by atoms with van der Waals surface area (Å²) < 4.78 is 0. The van der Waals surface area contributed by atoms with Gasteiger partial charge in [0.1, 0.15) is 5.78 Å². The number of carbonyl (C=O) groups excluding carboxylic acids is 1. The lowest BCUT2D eigenvalue weighted by molar-refractivity contribution is -0.134. The van der Waals surface area contributed by atoms with E-state index in [0.29, 0.717) is 11.7 Å². The van der Waals surface area contributed by atoms with E-state index in [1.54, 1.807) is 0 Å². The Bertz CT molecular complexity index is 299. The van der Waals surface area contributed by atoms with Gasteiger partial charge in [0.2, 0.25) is 0 Å². The molecule has 2 nitrogen and oxygen atoms in total. The summed E-state index contributed by atoms with van der Waals surface area (Å²) in [6.45, 7) is 0. The van der Waals surface area contributed by atoms with E-state index in [1.807, 2.05) is 0 Å². The fraction of sp³-hybridized carbons (Fsp3) is 0.933. The van der Waals surface area contributed by atoms with Crippen LogP contribution in [0, 0.1) is 23.7 Å². The predicted octanol–water partition coefficient (Wildman–Crippen LogP) is 2.93. The lowest BCUT2D eigenvalue weighted by atomic mass is 9.71. The number of Topliss-reactive ketones (excluding diaryl/α,β-unsaturated/α-hetero) is 1. The van der Waals surface area contributed by atoms with Crippen molar-refractivity contribution in [3.8, 4) is 0 Å². The van der Waals surface area contributed by atoms with Crippen molar-refractivity contribution < 1.29 is 9.90 Å². The molecule has 0 aromatic heterocycles. The average Bonchev–Trinajstić information content (AvgIpc) is 2.60. The fourth-order valence-corrected chi connectivity index (χ4v) is 4.58. The highest BCUT2D eigenvalue weighted by molar-refractivity contribution is 5.84. The third-order valence-corrected chi connectivity index (χ3v) is 5.40. The molecule has 17 heavy (non-hydrogen) atoms. The molecule has 1 N–H and O–H groups in total. The molecule has 0 saturated heterocycles. The molecule has 2 heteroatoms. The monoisotopic (exact) mass is 236 g/mol. The summed E-state index contributed by atoms with van der Waals surface area (Å²) in [4.78, 5) is 12.6. The minimum Gasteiger partial charge on any atom is -0.392 e.